The number of carbonyl (C=O) groups is 1. The molecule has 0 fully saturated rings. The van der Waals surface area contributed by atoms with E-state index in [-0.39, 0.29) is 6.54 Å². The summed E-state index contributed by atoms with van der Waals surface area (Å²) in [6.07, 6.45) is 0. The molecule has 22 heavy (non-hydrogen) atoms. The Kier molecular flexibility index (Phi) is 3.78. The minimum Gasteiger partial charge on any atom is -0.480 e. The molecule has 0 unspecified atom stereocenters. The van der Waals surface area contributed by atoms with Crippen molar-refractivity contribution in [3.63, 3.8) is 0 Å². The molecule has 0 amide bonds. The highest BCUT2D eigenvalue weighted by molar-refractivity contribution is 5.81. The van der Waals surface area contributed by atoms with E-state index in [9.17, 15) is 9.90 Å². The molecular weight excluding hydrogens is 278 g/mol. The standard InChI is InChI=1S/C17H17N3O2/c1-19(11-13-7-3-2-4-8-13)17-18-14-9-5-6-10-15(14)20(17)12-16(21)22/h2-10H,11-12H2,1H3,(H,21,22). The Balaban J connectivity index is 1.99. The monoisotopic (exact) mass is 295 g/mol. The molecule has 0 saturated carbocycles. The number of fused-ring (bicyclic) bond motifs is 1. The quantitative estimate of drug-likeness (QED) is 0.786. The molecule has 3 rings (SSSR count). The molecule has 1 heterocycles. The number of imidazole rings is 1. The number of aliphatic carboxylic acids is 1. The minimum absolute atomic E-state index is 0.102. The maximum atomic E-state index is 11.2. The maximum absolute atomic E-state index is 11.2. The third kappa shape index (κ3) is 2.79. The summed E-state index contributed by atoms with van der Waals surface area (Å²) in [5.41, 5.74) is 2.79. The van der Waals surface area contributed by atoms with Gasteiger partial charge in [0.25, 0.3) is 0 Å². The first-order valence-corrected chi connectivity index (χ1v) is 7.07. The number of para-hydroxylation sites is 2. The summed E-state index contributed by atoms with van der Waals surface area (Å²) >= 11 is 0. The number of carboxylic acids is 1. The fourth-order valence-electron chi connectivity index (χ4n) is 2.57. The topological polar surface area (TPSA) is 58.4 Å². The van der Waals surface area contributed by atoms with Crippen molar-refractivity contribution in [3.8, 4) is 0 Å². The van der Waals surface area contributed by atoms with Crippen LogP contribution in [-0.4, -0.2) is 27.7 Å². The van der Waals surface area contributed by atoms with E-state index in [0.717, 1.165) is 16.6 Å². The van der Waals surface area contributed by atoms with Crippen LogP contribution in [0.2, 0.25) is 0 Å². The van der Waals surface area contributed by atoms with Gasteiger partial charge in [-0.25, -0.2) is 4.98 Å². The minimum atomic E-state index is -0.877. The van der Waals surface area contributed by atoms with E-state index in [0.29, 0.717) is 12.5 Å². The van der Waals surface area contributed by atoms with Crippen molar-refractivity contribution in [1.82, 2.24) is 9.55 Å². The van der Waals surface area contributed by atoms with Gasteiger partial charge in [0, 0.05) is 13.6 Å². The van der Waals surface area contributed by atoms with Gasteiger partial charge in [-0.3, -0.25) is 9.36 Å². The van der Waals surface area contributed by atoms with Crippen molar-refractivity contribution in [3.05, 3.63) is 60.2 Å². The van der Waals surface area contributed by atoms with Crippen molar-refractivity contribution in [2.24, 2.45) is 0 Å². The number of hydrogen-bond acceptors (Lipinski definition) is 3. The molecule has 112 valence electrons. The lowest BCUT2D eigenvalue weighted by Gasteiger charge is -2.19. The van der Waals surface area contributed by atoms with Gasteiger partial charge in [-0.1, -0.05) is 42.5 Å². The Morgan fingerprint density at radius 3 is 2.55 bits per heavy atom. The molecule has 5 nitrogen and oxygen atoms in total. The average Bonchev–Trinajstić information content (AvgIpc) is 2.87. The number of anilines is 1. The van der Waals surface area contributed by atoms with Crippen molar-refractivity contribution >= 4 is 23.0 Å². The van der Waals surface area contributed by atoms with Crippen LogP contribution in [0.5, 0.6) is 0 Å². The lowest BCUT2D eigenvalue weighted by Crippen LogP contribution is -2.22. The van der Waals surface area contributed by atoms with E-state index in [1.54, 1.807) is 4.57 Å². The van der Waals surface area contributed by atoms with Gasteiger partial charge < -0.3 is 10.0 Å². The Bertz CT molecular complexity index is 796. The van der Waals surface area contributed by atoms with E-state index < -0.39 is 5.97 Å². The molecule has 0 aliphatic heterocycles. The highest BCUT2D eigenvalue weighted by Gasteiger charge is 2.16. The zero-order valence-corrected chi connectivity index (χ0v) is 12.3. The molecule has 0 bridgehead atoms. The summed E-state index contributed by atoms with van der Waals surface area (Å²) in [7, 11) is 1.92. The third-order valence-electron chi connectivity index (χ3n) is 3.53. The number of rotatable bonds is 5. The lowest BCUT2D eigenvalue weighted by atomic mass is 10.2. The molecule has 1 aromatic heterocycles. The van der Waals surface area contributed by atoms with Crippen LogP contribution in [0.4, 0.5) is 5.95 Å². The van der Waals surface area contributed by atoms with Gasteiger partial charge in [0.2, 0.25) is 5.95 Å². The summed E-state index contributed by atoms with van der Waals surface area (Å²) in [5.74, 6) is -0.218. The van der Waals surface area contributed by atoms with Gasteiger partial charge in [-0.2, -0.15) is 0 Å². The van der Waals surface area contributed by atoms with Gasteiger partial charge in [0.05, 0.1) is 11.0 Å². The Morgan fingerprint density at radius 2 is 1.82 bits per heavy atom. The number of benzene rings is 2. The van der Waals surface area contributed by atoms with Crippen LogP contribution >= 0.6 is 0 Å². The van der Waals surface area contributed by atoms with Crippen LogP contribution < -0.4 is 4.90 Å². The Hall–Kier alpha value is -2.82. The fourth-order valence-corrected chi connectivity index (χ4v) is 2.57. The fraction of sp³-hybridized carbons (Fsp3) is 0.176. The average molecular weight is 295 g/mol. The van der Waals surface area contributed by atoms with Gasteiger partial charge in [-0.15, -0.1) is 0 Å². The second-order valence-electron chi connectivity index (χ2n) is 5.22. The van der Waals surface area contributed by atoms with E-state index >= 15 is 0 Å². The van der Waals surface area contributed by atoms with Crippen LogP contribution in [0.3, 0.4) is 0 Å². The second-order valence-corrected chi connectivity index (χ2v) is 5.22. The Morgan fingerprint density at radius 1 is 1.14 bits per heavy atom. The molecule has 3 aromatic rings. The summed E-state index contributed by atoms with van der Waals surface area (Å²) < 4.78 is 1.74. The number of nitrogens with zero attached hydrogens (tertiary/aromatic N) is 3. The first-order valence-electron chi connectivity index (χ1n) is 7.07. The van der Waals surface area contributed by atoms with E-state index in [2.05, 4.69) is 4.98 Å². The highest BCUT2D eigenvalue weighted by atomic mass is 16.4. The van der Waals surface area contributed by atoms with Crippen molar-refractivity contribution < 1.29 is 9.90 Å². The van der Waals surface area contributed by atoms with Crippen LogP contribution in [-0.2, 0) is 17.9 Å². The van der Waals surface area contributed by atoms with Gasteiger partial charge in [-0.05, 0) is 17.7 Å². The molecule has 0 saturated heterocycles. The van der Waals surface area contributed by atoms with Crippen molar-refractivity contribution in [2.75, 3.05) is 11.9 Å². The summed E-state index contributed by atoms with van der Waals surface area (Å²) in [6.45, 7) is 0.568. The van der Waals surface area contributed by atoms with E-state index in [1.165, 1.54) is 0 Å². The molecule has 0 atom stereocenters. The van der Waals surface area contributed by atoms with E-state index in [4.69, 9.17) is 0 Å². The number of hydrogen-bond donors (Lipinski definition) is 1. The molecule has 5 heteroatoms. The largest absolute Gasteiger partial charge is 0.480 e. The predicted octanol–water partition coefficient (Wildman–Crippen LogP) is 2.76. The van der Waals surface area contributed by atoms with Gasteiger partial charge in [0.1, 0.15) is 6.54 Å². The number of carboxylic acid groups (broad SMARTS) is 1. The molecular formula is C17H17N3O2. The summed E-state index contributed by atoms with van der Waals surface area (Å²) in [5, 5.41) is 9.17. The summed E-state index contributed by atoms with van der Waals surface area (Å²) in [6, 6.07) is 17.6. The molecule has 0 aliphatic carbocycles. The van der Waals surface area contributed by atoms with Gasteiger partial charge in [0.15, 0.2) is 0 Å². The molecule has 0 spiro atoms. The first-order chi connectivity index (χ1) is 10.6. The Labute approximate surface area is 128 Å². The zero-order valence-electron chi connectivity index (χ0n) is 12.3. The van der Waals surface area contributed by atoms with E-state index in [1.807, 2.05) is 66.5 Å². The van der Waals surface area contributed by atoms with Crippen LogP contribution in [0.25, 0.3) is 11.0 Å². The summed E-state index contributed by atoms with van der Waals surface area (Å²) in [4.78, 5) is 17.7. The molecule has 1 N–H and O–H groups in total. The first kappa shape index (κ1) is 14.1. The maximum Gasteiger partial charge on any atom is 0.323 e. The smallest absolute Gasteiger partial charge is 0.323 e. The van der Waals surface area contributed by atoms with Crippen LogP contribution in [0.1, 0.15) is 5.56 Å². The SMILES string of the molecule is CN(Cc1ccccc1)c1nc2ccccc2n1CC(=O)O. The van der Waals surface area contributed by atoms with Crippen molar-refractivity contribution in [1.29, 1.82) is 0 Å². The van der Waals surface area contributed by atoms with Crippen LogP contribution in [0, 0.1) is 0 Å². The molecule has 0 radical (unpaired) electrons. The molecule has 2 aromatic carbocycles. The van der Waals surface area contributed by atoms with Crippen molar-refractivity contribution in [2.45, 2.75) is 13.1 Å². The number of aromatic nitrogens is 2. The zero-order chi connectivity index (χ0) is 15.5. The second kappa shape index (κ2) is 5.89. The molecule has 0 aliphatic rings. The lowest BCUT2D eigenvalue weighted by molar-refractivity contribution is -0.137. The van der Waals surface area contributed by atoms with Gasteiger partial charge >= 0.3 is 5.97 Å². The normalized spacial score (nSPS) is 10.8. The predicted molar refractivity (Wildman–Crippen MR) is 85.9 cm³/mol. The highest BCUT2D eigenvalue weighted by Crippen LogP contribution is 2.23. The third-order valence-corrected chi connectivity index (χ3v) is 3.53. The van der Waals surface area contributed by atoms with Crippen LogP contribution in [0.15, 0.2) is 54.6 Å².